The third-order valence-electron chi connectivity index (χ3n) is 4.49. The van der Waals surface area contributed by atoms with Crippen molar-refractivity contribution in [3.63, 3.8) is 0 Å². The summed E-state index contributed by atoms with van der Waals surface area (Å²) in [5.41, 5.74) is 0.365. The van der Waals surface area contributed by atoms with E-state index in [9.17, 15) is 4.79 Å². The third kappa shape index (κ3) is 6.55. The maximum atomic E-state index is 12.6. The van der Waals surface area contributed by atoms with E-state index < -0.39 is 0 Å². The van der Waals surface area contributed by atoms with E-state index in [0.717, 1.165) is 19.5 Å². The van der Waals surface area contributed by atoms with Crippen molar-refractivity contribution < 1.29 is 0 Å². The summed E-state index contributed by atoms with van der Waals surface area (Å²) >= 11 is 0. The monoisotopic (exact) mass is 418 g/mol. The smallest absolute Gasteiger partial charge is 0.280 e. The normalized spacial score (nSPS) is 13.9. The molecule has 1 atom stereocenters. The molecule has 1 unspecified atom stereocenters. The van der Waals surface area contributed by atoms with E-state index in [1.165, 1.54) is 0 Å². The van der Waals surface area contributed by atoms with Gasteiger partial charge in [0.25, 0.3) is 5.56 Å². The van der Waals surface area contributed by atoms with Crippen LogP contribution in [0.15, 0.2) is 9.79 Å². The number of nitrogens with one attached hydrogen (secondary N) is 3. The van der Waals surface area contributed by atoms with Crippen molar-refractivity contribution in [3.05, 3.63) is 10.4 Å². The van der Waals surface area contributed by atoms with E-state index in [4.69, 9.17) is 0 Å². The Hall–Kier alpha value is -2.42. The molecule has 0 saturated carbocycles. The van der Waals surface area contributed by atoms with Gasteiger partial charge in [0.1, 0.15) is 0 Å². The van der Waals surface area contributed by atoms with Crippen molar-refractivity contribution in [2.75, 3.05) is 32.5 Å². The SMILES string of the molecule is CC(CCNC(C)(C)C)CNc1nc2c(=O)[nH]c(N=CN(C)C)nc2n1C(C)(C)C. The number of hydrogen-bond acceptors (Lipinski definition) is 6. The molecule has 0 aliphatic heterocycles. The molecule has 9 heteroatoms. The molecule has 0 bridgehead atoms. The number of fused-ring (bicyclic) bond motifs is 1. The van der Waals surface area contributed by atoms with Crippen LogP contribution in [-0.2, 0) is 5.54 Å². The first-order chi connectivity index (χ1) is 13.8. The van der Waals surface area contributed by atoms with E-state index >= 15 is 0 Å². The zero-order valence-electron chi connectivity index (χ0n) is 19.9. The molecular formula is C21H38N8O. The van der Waals surface area contributed by atoms with Crippen LogP contribution in [0.2, 0.25) is 0 Å². The second-order valence-corrected chi connectivity index (χ2v) is 10.2. The Morgan fingerprint density at radius 3 is 2.43 bits per heavy atom. The third-order valence-corrected chi connectivity index (χ3v) is 4.49. The van der Waals surface area contributed by atoms with Crippen LogP contribution in [0.4, 0.5) is 11.9 Å². The van der Waals surface area contributed by atoms with Gasteiger partial charge in [0.05, 0.1) is 6.34 Å². The summed E-state index contributed by atoms with van der Waals surface area (Å²) in [6.07, 6.45) is 2.65. The Labute approximate surface area is 179 Å². The number of imidazole rings is 1. The molecule has 3 N–H and O–H groups in total. The highest BCUT2D eigenvalue weighted by Crippen LogP contribution is 2.26. The maximum Gasteiger partial charge on any atom is 0.280 e. The number of aliphatic imine (C=N–C) groups is 1. The van der Waals surface area contributed by atoms with Crippen molar-refractivity contribution in [1.82, 2.24) is 29.7 Å². The number of anilines is 1. The van der Waals surface area contributed by atoms with Gasteiger partial charge in [0.2, 0.25) is 11.9 Å². The minimum Gasteiger partial charge on any atom is -0.369 e. The molecule has 0 aliphatic rings. The Morgan fingerprint density at radius 1 is 1.20 bits per heavy atom. The lowest BCUT2D eigenvalue weighted by molar-refractivity contribution is 0.395. The Bertz CT molecular complexity index is 927. The first-order valence-electron chi connectivity index (χ1n) is 10.5. The molecule has 0 aromatic carbocycles. The van der Waals surface area contributed by atoms with Crippen LogP contribution < -0.4 is 16.2 Å². The first kappa shape index (κ1) is 23.9. The van der Waals surface area contributed by atoms with Gasteiger partial charge in [-0.3, -0.25) is 14.3 Å². The summed E-state index contributed by atoms with van der Waals surface area (Å²) in [4.78, 5) is 30.5. The van der Waals surface area contributed by atoms with Crippen molar-refractivity contribution in [1.29, 1.82) is 0 Å². The number of aromatic nitrogens is 4. The average Bonchev–Trinajstić information content (AvgIpc) is 2.96. The second-order valence-electron chi connectivity index (χ2n) is 10.2. The van der Waals surface area contributed by atoms with E-state index in [1.54, 1.807) is 11.2 Å². The van der Waals surface area contributed by atoms with Crippen molar-refractivity contribution in [2.45, 2.75) is 66.0 Å². The molecule has 9 nitrogen and oxygen atoms in total. The molecule has 2 aromatic rings. The molecule has 2 heterocycles. The lowest BCUT2D eigenvalue weighted by atomic mass is 10.1. The molecule has 2 rings (SSSR count). The maximum absolute atomic E-state index is 12.6. The van der Waals surface area contributed by atoms with Crippen molar-refractivity contribution in [2.24, 2.45) is 10.9 Å². The van der Waals surface area contributed by atoms with Crippen LogP contribution in [0.1, 0.15) is 54.9 Å². The first-order valence-corrected chi connectivity index (χ1v) is 10.5. The van der Waals surface area contributed by atoms with Gasteiger partial charge in [0.15, 0.2) is 11.2 Å². The van der Waals surface area contributed by atoms with Gasteiger partial charge in [-0.25, -0.2) is 9.98 Å². The summed E-state index contributed by atoms with van der Waals surface area (Å²) in [7, 11) is 3.72. The van der Waals surface area contributed by atoms with E-state index in [0.29, 0.717) is 23.0 Å². The average molecular weight is 419 g/mol. The van der Waals surface area contributed by atoms with Crippen LogP contribution in [0.25, 0.3) is 11.2 Å². The minimum absolute atomic E-state index is 0.118. The fourth-order valence-corrected chi connectivity index (χ4v) is 3.00. The zero-order valence-corrected chi connectivity index (χ0v) is 19.9. The topological polar surface area (TPSA) is 103 Å². The number of H-pyrrole nitrogens is 1. The van der Waals surface area contributed by atoms with Crippen LogP contribution >= 0.6 is 0 Å². The number of rotatable bonds is 8. The van der Waals surface area contributed by atoms with E-state index in [2.05, 4.69) is 79.0 Å². The Kier molecular flexibility index (Phi) is 7.28. The van der Waals surface area contributed by atoms with Gasteiger partial charge < -0.3 is 15.5 Å². The zero-order chi connectivity index (χ0) is 22.7. The highest BCUT2D eigenvalue weighted by Gasteiger charge is 2.25. The molecule has 0 saturated heterocycles. The largest absolute Gasteiger partial charge is 0.369 e. The molecule has 2 aromatic heterocycles. The Morgan fingerprint density at radius 2 is 1.87 bits per heavy atom. The van der Waals surface area contributed by atoms with Gasteiger partial charge in [0, 0.05) is 31.7 Å². The fourth-order valence-electron chi connectivity index (χ4n) is 3.00. The molecule has 0 fully saturated rings. The highest BCUT2D eigenvalue weighted by atomic mass is 16.1. The summed E-state index contributed by atoms with van der Waals surface area (Å²) in [6.45, 7) is 16.6. The number of nitrogens with zero attached hydrogens (tertiary/aromatic N) is 5. The van der Waals surface area contributed by atoms with Crippen molar-refractivity contribution >= 4 is 29.4 Å². The lowest BCUT2D eigenvalue weighted by Crippen LogP contribution is -2.37. The van der Waals surface area contributed by atoms with Crippen LogP contribution in [0, 0.1) is 5.92 Å². The highest BCUT2D eigenvalue weighted by molar-refractivity contribution is 5.75. The van der Waals surface area contributed by atoms with Gasteiger partial charge in [-0.2, -0.15) is 4.98 Å². The summed E-state index contributed by atoms with van der Waals surface area (Å²) < 4.78 is 1.98. The molecule has 30 heavy (non-hydrogen) atoms. The molecule has 0 amide bonds. The second kappa shape index (κ2) is 9.16. The van der Waals surface area contributed by atoms with Crippen LogP contribution in [0.5, 0.6) is 0 Å². The predicted molar refractivity (Wildman–Crippen MR) is 125 cm³/mol. The number of aromatic amines is 1. The Balaban J connectivity index is 2.29. The predicted octanol–water partition coefficient (Wildman–Crippen LogP) is 2.92. The van der Waals surface area contributed by atoms with E-state index in [-0.39, 0.29) is 22.6 Å². The molecule has 168 valence electrons. The molecule has 0 spiro atoms. The summed E-state index contributed by atoms with van der Waals surface area (Å²) in [5.74, 6) is 1.36. The van der Waals surface area contributed by atoms with Crippen LogP contribution in [0.3, 0.4) is 0 Å². The standard InChI is InChI=1S/C21H38N8O/c1-14(10-11-24-20(2,3)4)12-22-19-25-15-16(29(19)21(5,6)7)26-18(27-17(15)30)23-13-28(8)9/h13-14,24H,10-12H2,1-9H3,(H,22,25)(H,26,27,30). The number of hydrogen-bond donors (Lipinski definition) is 3. The summed E-state index contributed by atoms with van der Waals surface area (Å²) in [6, 6.07) is 0. The van der Waals surface area contributed by atoms with Gasteiger partial charge in [-0.05, 0) is 60.4 Å². The summed E-state index contributed by atoms with van der Waals surface area (Å²) in [5, 5.41) is 6.96. The molecule has 0 aliphatic carbocycles. The van der Waals surface area contributed by atoms with Gasteiger partial charge in [-0.15, -0.1) is 0 Å². The van der Waals surface area contributed by atoms with Crippen LogP contribution in [-0.4, -0.2) is 63.5 Å². The van der Waals surface area contributed by atoms with Gasteiger partial charge in [-0.1, -0.05) is 6.92 Å². The van der Waals surface area contributed by atoms with Crippen molar-refractivity contribution in [3.8, 4) is 0 Å². The fraction of sp³-hybridized carbons (Fsp3) is 0.714. The minimum atomic E-state index is -0.308. The molecule has 0 radical (unpaired) electrons. The lowest BCUT2D eigenvalue weighted by Gasteiger charge is -2.25. The molecular weight excluding hydrogens is 380 g/mol. The van der Waals surface area contributed by atoms with Gasteiger partial charge >= 0.3 is 0 Å². The quantitative estimate of drug-likeness (QED) is 0.450. The van der Waals surface area contributed by atoms with E-state index in [1.807, 2.05) is 18.7 Å².